The van der Waals surface area contributed by atoms with Gasteiger partial charge in [-0.15, -0.1) is 0 Å². The van der Waals surface area contributed by atoms with Crippen LogP contribution in [0.2, 0.25) is 0 Å². The Kier molecular flexibility index (Phi) is 23.0. The number of carbonyl (C=O) groups is 10. The largest absolute Gasteiger partial charge is 0.481 e. The van der Waals surface area contributed by atoms with Crippen molar-refractivity contribution >= 4 is 59.4 Å². The van der Waals surface area contributed by atoms with Crippen molar-refractivity contribution in [3.05, 3.63) is 251 Å². The van der Waals surface area contributed by atoms with E-state index in [0.717, 1.165) is 12.0 Å². The van der Waals surface area contributed by atoms with Crippen molar-refractivity contribution in [2.45, 2.75) is 125 Å². The zero-order valence-corrected chi connectivity index (χ0v) is 54.0. The van der Waals surface area contributed by atoms with Crippen molar-refractivity contribution in [1.29, 1.82) is 0 Å². The molecule has 0 unspecified atom stereocenters. The predicted molar refractivity (Wildman–Crippen MR) is 357 cm³/mol. The summed E-state index contributed by atoms with van der Waals surface area (Å²) in [5.41, 5.74) is 0.976. The van der Waals surface area contributed by atoms with Crippen molar-refractivity contribution in [1.82, 2.24) is 41.7 Å². The number of carboxylic acid groups (broad SMARTS) is 1. The normalized spacial score (nSPS) is 15.9. The molecule has 2 aliphatic heterocycles. The Hall–Kier alpha value is -11.0. The van der Waals surface area contributed by atoms with E-state index in [2.05, 4.69) is 31.9 Å². The fraction of sp³-hybridized carbons (Fsp3) is 0.307. The lowest BCUT2D eigenvalue weighted by molar-refractivity contribution is -0.148. The number of ether oxygens (including phenoxy) is 2. The second-order valence-corrected chi connectivity index (χ2v) is 24.8. The van der Waals surface area contributed by atoms with Gasteiger partial charge in [-0.05, 0) is 85.4 Å². The summed E-state index contributed by atoms with van der Waals surface area (Å²) < 4.78 is 10.5. The van der Waals surface area contributed by atoms with E-state index in [0.29, 0.717) is 45.4 Å². The van der Waals surface area contributed by atoms with Crippen molar-refractivity contribution in [2.75, 3.05) is 20.2 Å². The number of alkyl carbamates (subject to hydrolysis) is 1. The van der Waals surface area contributed by atoms with E-state index in [9.17, 15) is 38.7 Å². The Morgan fingerprint density at radius 2 is 0.792 bits per heavy atom. The quantitative estimate of drug-likeness (QED) is 0.0209. The molecule has 2 fully saturated rings. The topological polar surface area (TPSA) is 288 Å². The molecule has 7 aromatic rings. The first-order chi connectivity index (χ1) is 46.2. The van der Waals surface area contributed by atoms with Crippen molar-refractivity contribution in [2.24, 2.45) is 0 Å². The predicted octanol–water partition coefficient (Wildman–Crippen LogP) is 7.20. The van der Waals surface area contributed by atoms with Crippen LogP contribution < -0.4 is 31.9 Å². The molecule has 0 saturated carbocycles. The number of carbonyl (C=O) groups excluding carboxylic acids is 9. The summed E-state index contributed by atoms with van der Waals surface area (Å²) in [6.45, 7) is 4.75. The zero-order chi connectivity index (χ0) is 68.4. The van der Waals surface area contributed by atoms with E-state index < -0.39 is 132 Å². The third-order valence-electron chi connectivity index (χ3n) is 17.1. The summed E-state index contributed by atoms with van der Waals surface area (Å²) >= 11 is 0. The van der Waals surface area contributed by atoms with E-state index in [1.807, 2.05) is 182 Å². The third kappa shape index (κ3) is 16.9. The first-order valence-electron chi connectivity index (χ1n) is 32.0. The van der Waals surface area contributed by atoms with Crippen molar-refractivity contribution in [3.63, 3.8) is 0 Å². The molecule has 498 valence electrons. The van der Waals surface area contributed by atoms with Crippen LogP contribution in [0, 0.1) is 0 Å². The molecule has 0 aromatic heterocycles. The van der Waals surface area contributed by atoms with Gasteiger partial charge in [0.25, 0.3) is 0 Å². The van der Waals surface area contributed by atoms with Crippen LogP contribution in [0.25, 0.3) is 0 Å². The molecule has 21 heteroatoms. The van der Waals surface area contributed by atoms with Gasteiger partial charge >= 0.3 is 18.0 Å². The Bertz CT molecular complexity index is 3650. The van der Waals surface area contributed by atoms with E-state index in [-0.39, 0.29) is 38.8 Å². The van der Waals surface area contributed by atoms with E-state index >= 15 is 14.4 Å². The number of amides is 8. The van der Waals surface area contributed by atoms with Crippen LogP contribution in [0.5, 0.6) is 0 Å². The molecular weight excluding hydrogens is 1220 g/mol. The number of likely N-dealkylation sites (tertiary alicyclic amines) is 2. The fourth-order valence-electron chi connectivity index (χ4n) is 12.7. The summed E-state index contributed by atoms with van der Waals surface area (Å²) in [5.74, 6) is -8.04. The molecule has 21 nitrogen and oxygen atoms in total. The molecule has 0 spiro atoms. The van der Waals surface area contributed by atoms with Gasteiger partial charge in [0, 0.05) is 19.5 Å². The van der Waals surface area contributed by atoms with E-state index in [1.54, 1.807) is 51.1 Å². The molecule has 9 rings (SSSR count). The van der Waals surface area contributed by atoms with Crippen LogP contribution in [0.3, 0.4) is 0 Å². The van der Waals surface area contributed by atoms with Gasteiger partial charge in [0.05, 0.1) is 26.4 Å². The maximum absolute atomic E-state index is 15.5. The van der Waals surface area contributed by atoms with Gasteiger partial charge in [0.15, 0.2) is 0 Å². The molecule has 0 radical (unpaired) electrons. The standard InChI is InChI=1S/C75H80N8O13/c1-73(2,3)96-72(94)79-59(49-65(86)87)70(92)83-45-26-42-61(83)67(89)76-57(47-63(84)80-74(51-30-14-6-15-31-51,52-32-16-7-17-33-52)53-34-18-8-19-35-53)66(88)77-58(46-50-28-12-5-13-29-50)69(91)82-44-27-43-62(82)68(90)78-60(71(93)95-4)48-64(85)81-75(54-36-20-9-21-37-54,55-38-22-10-23-39-55)56-40-24-11-25-41-56/h5-25,28-41,57-62H,26-27,42-49H2,1-4H3,(H,76,89)(H,77,88)(H,78,90)(H,79,94)(H,80,84)(H,81,85)(H,86,87)/t57-,58+,59-,60+,61-,62-/m0/s1. The van der Waals surface area contributed by atoms with E-state index in [4.69, 9.17) is 9.47 Å². The summed E-state index contributed by atoms with van der Waals surface area (Å²) in [4.78, 5) is 146. The van der Waals surface area contributed by atoms with Crippen molar-refractivity contribution < 1.29 is 62.5 Å². The van der Waals surface area contributed by atoms with Gasteiger partial charge in [0.2, 0.25) is 41.4 Å². The molecule has 7 N–H and O–H groups in total. The van der Waals surface area contributed by atoms with Crippen molar-refractivity contribution in [3.8, 4) is 0 Å². The lowest BCUT2D eigenvalue weighted by Gasteiger charge is -2.37. The lowest BCUT2D eigenvalue weighted by atomic mass is 9.77. The van der Waals surface area contributed by atoms with Crippen LogP contribution in [0.4, 0.5) is 4.79 Å². The monoisotopic (exact) mass is 1300 g/mol. The Balaban J connectivity index is 1.02. The molecule has 2 aliphatic rings. The summed E-state index contributed by atoms with van der Waals surface area (Å²) in [5, 5.41) is 27.0. The molecule has 2 heterocycles. The highest BCUT2D eigenvalue weighted by molar-refractivity contribution is 6.00. The molecule has 2 saturated heterocycles. The SMILES string of the molecule is COC(=O)[C@@H](CC(=O)NC(c1ccccc1)(c1ccccc1)c1ccccc1)NC(=O)[C@@H]1CCCN1C(=O)[C@@H](Cc1ccccc1)NC(=O)[C@H](CC(=O)NC(c1ccccc1)(c1ccccc1)c1ccccc1)NC(=O)[C@@H]1CCCN1C(=O)[C@H](CC(=O)O)NC(=O)OC(C)(C)C. The number of esters is 1. The molecule has 7 aromatic carbocycles. The van der Waals surface area contributed by atoms with Crippen LogP contribution in [-0.2, 0) is 70.1 Å². The van der Waals surface area contributed by atoms with Gasteiger partial charge in [-0.1, -0.05) is 212 Å². The van der Waals surface area contributed by atoms with Gasteiger partial charge in [-0.25, -0.2) is 9.59 Å². The van der Waals surface area contributed by atoms with Gasteiger partial charge in [-0.2, -0.15) is 0 Å². The molecule has 6 atom stereocenters. The second-order valence-electron chi connectivity index (χ2n) is 24.8. The van der Waals surface area contributed by atoms with Gasteiger partial charge in [-0.3, -0.25) is 38.4 Å². The van der Waals surface area contributed by atoms with Crippen LogP contribution in [-0.4, -0.2) is 136 Å². The summed E-state index contributed by atoms with van der Waals surface area (Å²) in [6.07, 6.45) is -2.69. The van der Waals surface area contributed by atoms with Crippen LogP contribution in [0.15, 0.2) is 212 Å². The molecule has 8 amide bonds. The number of hydrogen-bond donors (Lipinski definition) is 7. The number of hydrogen-bond acceptors (Lipinski definition) is 12. The minimum Gasteiger partial charge on any atom is -0.481 e. The lowest BCUT2D eigenvalue weighted by Crippen LogP contribution is -2.60. The minimum absolute atomic E-state index is 0.0233. The number of carboxylic acids is 1. The molecule has 0 aliphatic carbocycles. The van der Waals surface area contributed by atoms with Crippen LogP contribution >= 0.6 is 0 Å². The summed E-state index contributed by atoms with van der Waals surface area (Å²) in [6, 6.07) is 55.1. The first kappa shape index (κ1) is 69.4. The highest BCUT2D eigenvalue weighted by Gasteiger charge is 2.45. The van der Waals surface area contributed by atoms with Crippen LogP contribution in [0.1, 0.15) is 105 Å². The highest BCUT2D eigenvalue weighted by Crippen LogP contribution is 2.39. The third-order valence-corrected chi connectivity index (χ3v) is 17.1. The average molecular weight is 1300 g/mol. The highest BCUT2D eigenvalue weighted by atomic mass is 16.6. The van der Waals surface area contributed by atoms with Gasteiger partial charge in [0.1, 0.15) is 52.9 Å². The average Bonchev–Trinajstić information content (AvgIpc) is 0.922. The number of rotatable bonds is 26. The Labute approximate surface area is 557 Å². The number of nitrogens with zero attached hydrogens (tertiary/aromatic N) is 2. The number of nitrogens with one attached hydrogen (secondary N) is 6. The molecular formula is C75H80N8O13. The van der Waals surface area contributed by atoms with Gasteiger partial charge < -0.3 is 56.3 Å². The second kappa shape index (κ2) is 31.8. The number of methoxy groups -OCH3 is 1. The maximum Gasteiger partial charge on any atom is 0.408 e. The fourth-order valence-corrected chi connectivity index (χ4v) is 12.7. The summed E-state index contributed by atoms with van der Waals surface area (Å²) in [7, 11) is 1.13. The number of benzene rings is 7. The molecule has 96 heavy (non-hydrogen) atoms. The maximum atomic E-state index is 15.5. The Morgan fingerprint density at radius 3 is 1.15 bits per heavy atom. The Morgan fingerprint density at radius 1 is 0.448 bits per heavy atom. The minimum atomic E-state index is -1.79. The first-order valence-corrected chi connectivity index (χ1v) is 32.0. The molecule has 0 bridgehead atoms. The smallest absolute Gasteiger partial charge is 0.408 e. The zero-order valence-electron chi connectivity index (χ0n) is 54.0. The number of aliphatic carboxylic acids is 1. The van der Waals surface area contributed by atoms with E-state index in [1.165, 1.54) is 4.90 Å².